The first-order valence-electron chi connectivity index (χ1n) is 4.89. The van der Waals surface area contributed by atoms with Gasteiger partial charge in [-0.3, -0.25) is 0 Å². The largest absolute Gasteiger partial charge is 0.388 e. The van der Waals surface area contributed by atoms with Crippen LogP contribution in [0.4, 0.5) is 5.69 Å². The summed E-state index contributed by atoms with van der Waals surface area (Å²) in [5, 5.41) is 3.12. The third-order valence-corrected chi connectivity index (χ3v) is 2.58. The highest BCUT2D eigenvalue weighted by Gasteiger charge is 2.05. The van der Waals surface area contributed by atoms with Gasteiger partial charge in [-0.1, -0.05) is 6.92 Å². The van der Waals surface area contributed by atoms with Gasteiger partial charge in [0.15, 0.2) is 0 Å². The van der Waals surface area contributed by atoms with Crippen LogP contribution < -0.4 is 5.32 Å². The van der Waals surface area contributed by atoms with E-state index in [-0.39, 0.29) is 0 Å². The van der Waals surface area contributed by atoms with E-state index in [1.165, 1.54) is 5.52 Å². The number of hydrogen-bond donors (Lipinski definition) is 1. The van der Waals surface area contributed by atoms with Crippen molar-refractivity contribution in [2.24, 2.45) is 7.05 Å². The summed E-state index contributed by atoms with van der Waals surface area (Å²) in [5.41, 5.74) is 3.37. The number of fused-ring (bicyclic) bond motifs is 1. The zero-order chi connectivity index (χ0) is 10.1. The normalized spacial score (nSPS) is 10.8. The second kappa shape index (κ2) is 3.33. The molecule has 74 valence electrons. The fraction of sp³-hybridized carbons (Fsp3) is 0.364. The number of nitrogens with zero attached hydrogens (tertiary/aromatic N) is 2. The topological polar surface area (TPSA) is 29.9 Å². The van der Waals surface area contributed by atoms with E-state index in [2.05, 4.69) is 47.0 Å². The maximum Gasteiger partial charge on any atom is 0.109 e. The molecule has 1 heterocycles. The van der Waals surface area contributed by atoms with E-state index < -0.39 is 0 Å². The van der Waals surface area contributed by atoms with Gasteiger partial charge in [-0.25, -0.2) is 4.98 Å². The van der Waals surface area contributed by atoms with Crippen LogP contribution in [-0.2, 0) is 13.5 Å². The molecule has 1 aromatic heterocycles. The minimum absolute atomic E-state index is 0.972. The Labute approximate surface area is 83.8 Å². The van der Waals surface area contributed by atoms with E-state index in [9.17, 15) is 0 Å². The Bertz CT molecular complexity index is 457. The van der Waals surface area contributed by atoms with Crippen LogP contribution in [0.1, 0.15) is 12.7 Å². The van der Waals surface area contributed by atoms with E-state index in [4.69, 9.17) is 0 Å². The molecule has 1 aromatic carbocycles. The van der Waals surface area contributed by atoms with Crippen molar-refractivity contribution in [1.82, 2.24) is 9.55 Å². The summed E-state index contributed by atoms with van der Waals surface area (Å²) < 4.78 is 2.15. The van der Waals surface area contributed by atoms with Gasteiger partial charge in [0, 0.05) is 26.2 Å². The molecule has 0 fully saturated rings. The molecule has 0 atom stereocenters. The van der Waals surface area contributed by atoms with Gasteiger partial charge in [-0.2, -0.15) is 0 Å². The van der Waals surface area contributed by atoms with Crippen LogP contribution in [0.25, 0.3) is 11.0 Å². The molecule has 0 saturated carbocycles. The highest BCUT2D eigenvalue weighted by atomic mass is 15.1. The Hall–Kier alpha value is -1.51. The van der Waals surface area contributed by atoms with Crippen LogP contribution in [0.3, 0.4) is 0 Å². The molecule has 0 aliphatic carbocycles. The van der Waals surface area contributed by atoms with Crippen LogP contribution in [0.5, 0.6) is 0 Å². The zero-order valence-electron chi connectivity index (χ0n) is 8.83. The Balaban J connectivity index is 2.66. The van der Waals surface area contributed by atoms with Gasteiger partial charge in [-0.15, -0.1) is 0 Å². The first-order valence-corrected chi connectivity index (χ1v) is 4.89. The van der Waals surface area contributed by atoms with E-state index >= 15 is 0 Å². The van der Waals surface area contributed by atoms with Crippen molar-refractivity contribution < 1.29 is 0 Å². The molecular formula is C11H15N3. The molecular weight excluding hydrogens is 174 g/mol. The van der Waals surface area contributed by atoms with Gasteiger partial charge < -0.3 is 9.88 Å². The Morgan fingerprint density at radius 3 is 2.86 bits per heavy atom. The van der Waals surface area contributed by atoms with Gasteiger partial charge in [-0.05, 0) is 18.2 Å². The van der Waals surface area contributed by atoms with Crippen molar-refractivity contribution in [2.75, 3.05) is 12.4 Å². The van der Waals surface area contributed by atoms with Gasteiger partial charge >= 0.3 is 0 Å². The van der Waals surface area contributed by atoms with Gasteiger partial charge in [0.25, 0.3) is 0 Å². The molecule has 2 aromatic rings. The molecule has 0 spiro atoms. The van der Waals surface area contributed by atoms with Crippen molar-refractivity contribution in [3.8, 4) is 0 Å². The highest BCUT2D eigenvalue weighted by Crippen LogP contribution is 2.19. The molecule has 0 aliphatic rings. The average molecular weight is 189 g/mol. The number of nitrogens with one attached hydrogen (secondary N) is 1. The lowest BCUT2D eigenvalue weighted by molar-refractivity contribution is 0.829. The smallest absolute Gasteiger partial charge is 0.109 e. The maximum atomic E-state index is 4.56. The minimum atomic E-state index is 0.972. The predicted molar refractivity (Wildman–Crippen MR) is 59.6 cm³/mol. The zero-order valence-corrected chi connectivity index (χ0v) is 8.83. The van der Waals surface area contributed by atoms with Crippen LogP contribution in [0.15, 0.2) is 18.2 Å². The fourth-order valence-electron chi connectivity index (χ4n) is 1.72. The lowest BCUT2D eigenvalue weighted by Crippen LogP contribution is -1.94. The number of aryl methyl sites for hydroxylation is 2. The van der Waals surface area contributed by atoms with Crippen molar-refractivity contribution in [2.45, 2.75) is 13.3 Å². The van der Waals surface area contributed by atoms with Gasteiger partial charge in [0.1, 0.15) is 5.82 Å². The molecule has 0 radical (unpaired) electrons. The van der Waals surface area contributed by atoms with Gasteiger partial charge in [0.05, 0.1) is 11.0 Å². The fourth-order valence-corrected chi connectivity index (χ4v) is 1.72. The summed E-state index contributed by atoms with van der Waals surface area (Å²) in [6.07, 6.45) is 0.972. The van der Waals surface area contributed by atoms with Crippen LogP contribution >= 0.6 is 0 Å². The molecule has 3 nitrogen and oxygen atoms in total. The van der Waals surface area contributed by atoms with Crippen LogP contribution in [0, 0.1) is 0 Å². The molecule has 0 bridgehead atoms. The highest BCUT2D eigenvalue weighted by molar-refractivity contribution is 5.80. The van der Waals surface area contributed by atoms with Crippen molar-refractivity contribution in [3.63, 3.8) is 0 Å². The molecule has 0 unspecified atom stereocenters. The maximum absolute atomic E-state index is 4.56. The van der Waals surface area contributed by atoms with E-state index in [1.807, 2.05) is 7.05 Å². The van der Waals surface area contributed by atoms with Crippen molar-refractivity contribution in [1.29, 1.82) is 0 Å². The summed E-state index contributed by atoms with van der Waals surface area (Å²) in [4.78, 5) is 4.56. The Morgan fingerprint density at radius 2 is 2.21 bits per heavy atom. The van der Waals surface area contributed by atoms with E-state index in [0.717, 1.165) is 23.4 Å². The van der Waals surface area contributed by atoms with Gasteiger partial charge in [0.2, 0.25) is 0 Å². The first kappa shape index (κ1) is 9.06. The monoisotopic (exact) mass is 189 g/mol. The summed E-state index contributed by atoms with van der Waals surface area (Å²) in [6, 6.07) is 6.26. The summed E-state index contributed by atoms with van der Waals surface area (Å²) >= 11 is 0. The van der Waals surface area contributed by atoms with E-state index in [0.29, 0.717) is 0 Å². The molecule has 1 N–H and O–H groups in total. The molecule has 0 saturated heterocycles. The summed E-state index contributed by atoms with van der Waals surface area (Å²) in [7, 11) is 3.98. The number of imidazole rings is 1. The number of anilines is 1. The van der Waals surface area contributed by atoms with Crippen molar-refractivity contribution >= 4 is 16.7 Å². The Kier molecular flexibility index (Phi) is 2.15. The number of benzene rings is 1. The van der Waals surface area contributed by atoms with Crippen molar-refractivity contribution in [3.05, 3.63) is 24.0 Å². The lowest BCUT2D eigenvalue weighted by atomic mass is 10.3. The molecule has 3 heteroatoms. The summed E-state index contributed by atoms with van der Waals surface area (Å²) in [5.74, 6) is 1.13. The molecule has 14 heavy (non-hydrogen) atoms. The summed E-state index contributed by atoms with van der Waals surface area (Å²) in [6.45, 7) is 2.13. The standard InChI is InChI=1S/C11H15N3/c1-4-11-13-9-7-8(12-2)5-6-10(9)14(11)3/h5-7,12H,4H2,1-3H3. The van der Waals surface area contributed by atoms with Crippen LogP contribution in [0.2, 0.25) is 0 Å². The third-order valence-electron chi connectivity index (χ3n) is 2.58. The Morgan fingerprint density at radius 1 is 1.43 bits per heavy atom. The molecule has 0 aliphatic heterocycles. The second-order valence-corrected chi connectivity index (χ2v) is 3.39. The minimum Gasteiger partial charge on any atom is -0.388 e. The van der Waals surface area contributed by atoms with E-state index in [1.54, 1.807) is 0 Å². The SMILES string of the molecule is CCc1nc2cc(NC)ccc2n1C. The first-order chi connectivity index (χ1) is 6.76. The number of rotatable bonds is 2. The number of aromatic nitrogens is 2. The lowest BCUT2D eigenvalue weighted by Gasteiger charge is -2.00. The predicted octanol–water partition coefficient (Wildman–Crippen LogP) is 2.18. The average Bonchev–Trinajstić information content (AvgIpc) is 2.55. The second-order valence-electron chi connectivity index (χ2n) is 3.39. The number of hydrogen-bond acceptors (Lipinski definition) is 2. The molecule has 0 amide bonds. The molecule has 2 rings (SSSR count). The van der Waals surface area contributed by atoms with Crippen LogP contribution in [-0.4, -0.2) is 16.6 Å². The quantitative estimate of drug-likeness (QED) is 0.784. The third kappa shape index (κ3) is 1.25.